The first-order valence-electron chi connectivity index (χ1n) is 11.0. The van der Waals surface area contributed by atoms with Crippen LogP contribution in [0.2, 0.25) is 0 Å². The van der Waals surface area contributed by atoms with Crippen LogP contribution in [0.5, 0.6) is 0 Å². The van der Waals surface area contributed by atoms with Crippen molar-refractivity contribution in [1.29, 1.82) is 0 Å². The second kappa shape index (κ2) is 10.0. The molecule has 2 aromatic carbocycles. The maximum Gasteiger partial charge on any atom is 0.413 e. The zero-order chi connectivity index (χ0) is 24.2. The number of amides is 2. The Morgan fingerprint density at radius 3 is 2.29 bits per heavy atom. The highest BCUT2D eigenvalue weighted by atomic mass is 32.1. The van der Waals surface area contributed by atoms with Crippen molar-refractivity contribution in [3.63, 3.8) is 0 Å². The number of nitrogens with zero attached hydrogens (tertiary/aromatic N) is 2. The number of carboxylic acid groups (broad SMARTS) is 1. The van der Waals surface area contributed by atoms with Gasteiger partial charge in [0.25, 0.3) is 5.91 Å². The molecule has 0 fully saturated rings. The second-order valence-electron chi connectivity index (χ2n) is 7.91. The van der Waals surface area contributed by atoms with E-state index in [0.717, 1.165) is 33.6 Å². The van der Waals surface area contributed by atoms with Gasteiger partial charge in [0.05, 0.1) is 12.1 Å². The molecule has 0 unspecified atom stereocenters. The summed E-state index contributed by atoms with van der Waals surface area (Å²) in [5, 5.41) is 11.8. The van der Waals surface area contributed by atoms with E-state index in [4.69, 9.17) is 9.84 Å². The van der Waals surface area contributed by atoms with Crippen molar-refractivity contribution in [2.45, 2.75) is 26.2 Å². The summed E-state index contributed by atoms with van der Waals surface area (Å²) in [7, 11) is 0. The van der Waals surface area contributed by atoms with Crippen LogP contribution >= 0.6 is 11.3 Å². The SMILES string of the molecule is CCN(CCC(=O)O)C(=O)c1sc(NC(=O)OCC2c3ccccc3-c3ccccc32)nc1C. The highest BCUT2D eigenvalue weighted by molar-refractivity contribution is 7.17. The number of aliphatic carboxylic acids is 1. The summed E-state index contributed by atoms with van der Waals surface area (Å²) in [5.41, 5.74) is 5.01. The molecule has 0 spiro atoms. The van der Waals surface area contributed by atoms with Crippen molar-refractivity contribution < 1.29 is 24.2 Å². The van der Waals surface area contributed by atoms with Crippen LogP contribution in [-0.4, -0.2) is 52.7 Å². The summed E-state index contributed by atoms with van der Waals surface area (Å²) in [4.78, 5) is 42.3. The highest BCUT2D eigenvalue weighted by Gasteiger charge is 2.29. The van der Waals surface area contributed by atoms with E-state index in [1.807, 2.05) is 36.4 Å². The largest absolute Gasteiger partial charge is 0.481 e. The molecule has 0 aliphatic heterocycles. The lowest BCUT2D eigenvalue weighted by atomic mass is 9.98. The van der Waals surface area contributed by atoms with Crippen LogP contribution in [0.3, 0.4) is 0 Å². The minimum Gasteiger partial charge on any atom is -0.481 e. The number of rotatable bonds is 8. The van der Waals surface area contributed by atoms with Crippen molar-refractivity contribution in [3.8, 4) is 11.1 Å². The number of aryl methyl sites for hydroxylation is 1. The van der Waals surface area contributed by atoms with E-state index in [2.05, 4.69) is 22.4 Å². The molecule has 4 rings (SSSR count). The Bertz CT molecular complexity index is 1190. The first kappa shape index (κ1) is 23.4. The predicted octanol–water partition coefficient (Wildman–Crippen LogP) is 4.75. The van der Waals surface area contributed by atoms with Gasteiger partial charge >= 0.3 is 12.1 Å². The number of hydrogen-bond donors (Lipinski definition) is 2. The lowest BCUT2D eigenvalue weighted by Crippen LogP contribution is -2.32. The molecule has 2 N–H and O–H groups in total. The molecular formula is C25H25N3O5S. The number of thiazole rings is 1. The van der Waals surface area contributed by atoms with Gasteiger partial charge < -0.3 is 14.7 Å². The molecule has 0 saturated carbocycles. The number of hydrogen-bond acceptors (Lipinski definition) is 6. The molecule has 0 bridgehead atoms. The van der Waals surface area contributed by atoms with Gasteiger partial charge in [-0.05, 0) is 36.1 Å². The van der Waals surface area contributed by atoms with Crippen molar-refractivity contribution in [1.82, 2.24) is 9.88 Å². The van der Waals surface area contributed by atoms with Gasteiger partial charge in [0.15, 0.2) is 5.13 Å². The molecule has 2 amide bonds. The maximum atomic E-state index is 12.8. The molecule has 34 heavy (non-hydrogen) atoms. The van der Waals surface area contributed by atoms with Crippen LogP contribution < -0.4 is 5.32 Å². The van der Waals surface area contributed by atoms with E-state index >= 15 is 0 Å². The molecule has 1 aliphatic rings. The number of anilines is 1. The van der Waals surface area contributed by atoms with Gasteiger partial charge in [0.1, 0.15) is 11.5 Å². The quantitative estimate of drug-likeness (QED) is 0.483. The van der Waals surface area contributed by atoms with E-state index in [9.17, 15) is 14.4 Å². The van der Waals surface area contributed by atoms with Gasteiger partial charge in [-0.2, -0.15) is 0 Å². The van der Waals surface area contributed by atoms with Crippen LogP contribution in [-0.2, 0) is 9.53 Å². The smallest absolute Gasteiger partial charge is 0.413 e. The fourth-order valence-corrected chi connectivity index (χ4v) is 5.07. The van der Waals surface area contributed by atoms with Crippen LogP contribution in [0.15, 0.2) is 48.5 Å². The first-order chi connectivity index (χ1) is 16.4. The van der Waals surface area contributed by atoms with Crippen molar-refractivity contribution >= 4 is 34.4 Å². The van der Waals surface area contributed by atoms with Crippen molar-refractivity contribution in [3.05, 3.63) is 70.2 Å². The van der Waals surface area contributed by atoms with Crippen LogP contribution in [0, 0.1) is 6.92 Å². The zero-order valence-electron chi connectivity index (χ0n) is 18.9. The fourth-order valence-electron chi connectivity index (χ4n) is 4.15. The number of carbonyl (C=O) groups is 3. The van der Waals surface area contributed by atoms with Gasteiger partial charge in [-0.1, -0.05) is 59.9 Å². The van der Waals surface area contributed by atoms with Gasteiger partial charge in [-0.25, -0.2) is 9.78 Å². The lowest BCUT2D eigenvalue weighted by Gasteiger charge is -2.19. The normalized spacial score (nSPS) is 12.1. The number of carboxylic acids is 1. The Hall–Kier alpha value is -3.72. The maximum absolute atomic E-state index is 12.8. The van der Waals surface area contributed by atoms with Gasteiger partial charge in [0, 0.05) is 19.0 Å². The third-order valence-corrected chi connectivity index (χ3v) is 6.87. The van der Waals surface area contributed by atoms with Crippen LogP contribution in [0.4, 0.5) is 9.93 Å². The molecule has 8 nitrogen and oxygen atoms in total. The molecule has 0 radical (unpaired) electrons. The molecule has 3 aromatic rings. The molecule has 1 heterocycles. The molecular weight excluding hydrogens is 454 g/mol. The number of nitrogens with one attached hydrogen (secondary N) is 1. The monoisotopic (exact) mass is 479 g/mol. The van der Waals surface area contributed by atoms with E-state index in [0.29, 0.717) is 17.1 Å². The summed E-state index contributed by atoms with van der Waals surface area (Å²) in [6, 6.07) is 16.2. The topological polar surface area (TPSA) is 109 Å². The minimum absolute atomic E-state index is 0.0549. The number of benzene rings is 2. The van der Waals surface area contributed by atoms with Gasteiger partial charge in [-0.15, -0.1) is 0 Å². The van der Waals surface area contributed by atoms with E-state index < -0.39 is 12.1 Å². The predicted molar refractivity (Wildman–Crippen MR) is 129 cm³/mol. The van der Waals surface area contributed by atoms with Crippen LogP contribution in [0.1, 0.15) is 45.8 Å². The molecule has 0 saturated heterocycles. The second-order valence-corrected chi connectivity index (χ2v) is 8.91. The third kappa shape index (κ3) is 4.79. The summed E-state index contributed by atoms with van der Waals surface area (Å²) in [5.74, 6) is -1.33. The lowest BCUT2D eigenvalue weighted by molar-refractivity contribution is -0.137. The summed E-state index contributed by atoms with van der Waals surface area (Å²) >= 11 is 1.05. The Morgan fingerprint density at radius 2 is 1.71 bits per heavy atom. The highest BCUT2D eigenvalue weighted by Crippen LogP contribution is 2.44. The zero-order valence-corrected chi connectivity index (χ0v) is 19.7. The van der Waals surface area contributed by atoms with E-state index in [1.165, 1.54) is 4.90 Å². The minimum atomic E-state index is -0.968. The van der Waals surface area contributed by atoms with Gasteiger partial charge in [0.2, 0.25) is 0 Å². The third-order valence-electron chi connectivity index (χ3n) is 5.81. The van der Waals surface area contributed by atoms with E-state index in [1.54, 1.807) is 13.8 Å². The number of aromatic nitrogens is 1. The van der Waals surface area contributed by atoms with Crippen molar-refractivity contribution in [2.75, 3.05) is 25.0 Å². The summed E-state index contributed by atoms with van der Waals surface area (Å²) in [6.45, 7) is 4.12. The molecule has 0 atom stereocenters. The standard InChI is InChI=1S/C25H25N3O5S/c1-3-28(13-12-21(29)30)23(31)22-15(2)26-24(34-22)27-25(32)33-14-20-18-10-6-4-8-16(18)17-9-5-7-11-19(17)20/h4-11,20H,3,12-14H2,1-2H3,(H,29,30)(H,26,27,32). The average Bonchev–Trinajstić information content (AvgIpc) is 3.35. The summed E-state index contributed by atoms with van der Waals surface area (Å²) in [6.07, 6.45) is -0.782. The van der Waals surface area contributed by atoms with Gasteiger partial charge in [-0.3, -0.25) is 14.9 Å². The Morgan fingerprint density at radius 1 is 1.09 bits per heavy atom. The average molecular weight is 480 g/mol. The first-order valence-corrected chi connectivity index (χ1v) is 11.8. The molecule has 1 aromatic heterocycles. The summed E-state index contributed by atoms with van der Waals surface area (Å²) < 4.78 is 5.54. The molecule has 1 aliphatic carbocycles. The van der Waals surface area contributed by atoms with Crippen molar-refractivity contribution in [2.24, 2.45) is 0 Å². The number of fused-ring (bicyclic) bond motifs is 3. The molecule has 9 heteroatoms. The number of ether oxygens (including phenoxy) is 1. The Balaban J connectivity index is 1.41. The van der Waals surface area contributed by atoms with E-state index in [-0.39, 0.29) is 36.5 Å². The Labute approximate surface area is 201 Å². The van der Waals surface area contributed by atoms with Crippen LogP contribution in [0.25, 0.3) is 11.1 Å². The fraction of sp³-hybridized carbons (Fsp3) is 0.280. The number of carbonyl (C=O) groups excluding carboxylic acids is 2. The molecule has 176 valence electrons. The Kier molecular flexibility index (Phi) is 6.93.